The molecule has 21 heavy (non-hydrogen) atoms. The summed E-state index contributed by atoms with van der Waals surface area (Å²) in [6, 6.07) is 0. The van der Waals surface area contributed by atoms with Crippen LogP contribution >= 0.6 is 11.8 Å². The third kappa shape index (κ3) is 7.07. The average Bonchev–Trinajstić information content (AvgIpc) is 2.44. The number of rotatable bonds is 6. The molecule has 122 valence electrons. The molecule has 0 saturated carbocycles. The second-order valence-corrected chi connectivity index (χ2v) is 7.60. The van der Waals surface area contributed by atoms with Crippen molar-refractivity contribution in [1.82, 2.24) is 10.2 Å². The maximum atomic E-state index is 11.0. The van der Waals surface area contributed by atoms with Gasteiger partial charge in [0.1, 0.15) is 0 Å². The second-order valence-electron chi connectivity index (χ2n) is 5.80. The summed E-state index contributed by atoms with van der Waals surface area (Å²) in [6.07, 6.45) is 2.23. The summed E-state index contributed by atoms with van der Waals surface area (Å²) in [4.78, 5) is 18.1. The van der Waals surface area contributed by atoms with E-state index in [4.69, 9.17) is 4.99 Å². The Kier molecular flexibility index (Phi) is 7.93. The van der Waals surface area contributed by atoms with E-state index >= 15 is 0 Å². The molecule has 1 aliphatic heterocycles. The number of nitrogens with one attached hydrogen (secondary N) is 1. The van der Waals surface area contributed by atoms with Gasteiger partial charge in [-0.15, -0.1) is 0 Å². The molecule has 0 aromatic carbocycles. The highest BCUT2D eigenvalue weighted by Gasteiger charge is 2.28. The number of ether oxygens (including phenoxy) is 1. The molecule has 1 aliphatic rings. The number of thioether (sulfide) groups is 1. The summed E-state index contributed by atoms with van der Waals surface area (Å²) in [7, 11) is 1.43. The SMILES string of the molecule is CCNC(=NCCCCC(=O)OC)N1CCSC(C)(C)C1. The molecular weight excluding hydrogens is 286 g/mol. The van der Waals surface area contributed by atoms with Crippen molar-refractivity contribution in [1.29, 1.82) is 0 Å². The Morgan fingerprint density at radius 2 is 2.19 bits per heavy atom. The molecule has 1 heterocycles. The molecule has 0 radical (unpaired) electrons. The van der Waals surface area contributed by atoms with Crippen LogP contribution in [0.5, 0.6) is 0 Å². The fraction of sp³-hybridized carbons (Fsp3) is 0.867. The van der Waals surface area contributed by atoms with Crippen LogP contribution in [0.3, 0.4) is 0 Å². The van der Waals surface area contributed by atoms with E-state index in [1.807, 2.05) is 11.8 Å². The van der Waals surface area contributed by atoms with Crippen LogP contribution in [0, 0.1) is 0 Å². The lowest BCUT2D eigenvalue weighted by atomic mass is 10.2. The Bertz CT molecular complexity index is 359. The van der Waals surface area contributed by atoms with Crippen LogP contribution < -0.4 is 5.32 Å². The van der Waals surface area contributed by atoms with Crippen molar-refractivity contribution in [2.24, 2.45) is 4.99 Å². The summed E-state index contributed by atoms with van der Waals surface area (Å²) in [6.45, 7) is 10.4. The number of guanidine groups is 1. The van der Waals surface area contributed by atoms with Crippen molar-refractivity contribution >= 4 is 23.7 Å². The number of aliphatic imine (C=N–C) groups is 1. The molecule has 6 heteroatoms. The Labute approximate surface area is 132 Å². The van der Waals surface area contributed by atoms with Crippen LogP contribution in [0.4, 0.5) is 0 Å². The molecule has 0 amide bonds. The van der Waals surface area contributed by atoms with Crippen LogP contribution in [0.1, 0.15) is 40.0 Å². The Morgan fingerprint density at radius 1 is 1.43 bits per heavy atom. The summed E-state index contributed by atoms with van der Waals surface area (Å²) in [5.74, 6) is 2.00. The lowest BCUT2D eigenvalue weighted by molar-refractivity contribution is -0.140. The van der Waals surface area contributed by atoms with E-state index in [9.17, 15) is 4.79 Å². The van der Waals surface area contributed by atoms with E-state index in [1.54, 1.807) is 0 Å². The molecule has 1 rings (SSSR count). The van der Waals surface area contributed by atoms with Gasteiger partial charge in [-0.1, -0.05) is 0 Å². The first-order valence-corrected chi connectivity index (χ1v) is 8.71. The Hall–Kier alpha value is -0.910. The minimum absolute atomic E-state index is 0.138. The van der Waals surface area contributed by atoms with Gasteiger partial charge in [-0.3, -0.25) is 9.79 Å². The summed E-state index contributed by atoms with van der Waals surface area (Å²) >= 11 is 2.02. The number of carbonyl (C=O) groups excluding carboxylic acids is 1. The topological polar surface area (TPSA) is 53.9 Å². The van der Waals surface area contributed by atoms with Crippen LogP contribution in [0.2, 0.25) is 0 Å². The fourth-order valence-electron chi connectivity index (χ4n) is 2.29. The molecule has 1 N–H and O–H groups in total. The number of methoxy groups -OCH3 is 1. The Morgan fingerprint density at radius 3 is 2.81 bits per heavy atom. The first kappa shape index (κ1) is 18.1. The quantitative estimate of drug-likeness (QED) is 0.352. The summed E-state index contributed by atoms with van der Waals surface area (Å²) < 4.78 is 4.91. The smallest absolute Gasteiger partial charge is 0.305 e. The molecule has 0 aromatic heterocycles. The van der Waals surface area contributed by atoms with Gasteiger partial charge >= 0.3 is 5.97 Å². The van der Waals surface area contributed by atoms with Crippen molar-refractivity contribution in [3.63, 3.8) is 0 Å². The van der Waals surface area contributed by atoms with E-state index in [2.05, 4.69) is 35.7 Å². The number of esters is 1. The number of hydrogen-bond acceptors (Lipinski definition) is 4. The molecule has 1 saturated heterocycles. The van der Waals surface area contributed by atoms with Crippen LogP contribution in [-0.4, -0.2) is 60.6 Å². The Balaban J connectivity index is 2.44. The van der Waals surface area contributed by atoms with Gasteiger partial charge in [-0.25, -0.2) is 0 Å². The molecule has 0 aromatic rings. The van der Waals surface area contributed by atoms with Gasteiger partial charge in [0, 0.05) is 43.1 Å². The lowest BCUT2D eigenvalue weighted by Gasteiger charge is -2.39. The zero-order valence-corrected chi connectivity index (χ0v) is 14.6. The van der Waals surface area contributed by atoms with Crippen molar-refractivity contribution < 1.29 is 9.53 Å². The van der Waals surface area contributed by atoms with Gasteiger partial charge in [-0.05, 0) is 33.6 Å². The molecule has 0 spiro atoms. The summed E-state index contributed by atoms with van der Waals surface area (Å²) in [5, 5.41) is 3.38. The maximum absolute atomic E-state index is 11.0. The van der Waals surface area contributed by atoms with Crippen molar-refractivity contribution in [2.45, 2.75) is 44.8 Å². The van der Waals surface area contributed by atoms with E-state index in [1.165, 1.54) is 7.11 Å². The molecule has 5 nitrogen and oxygen atoms in total. The van der Waals surface area contributed by atoms with Gasteiger partial charge in [0.05, 0.1) is 7.11 Å². The number of nitrogens with zero attached hydrogens (tertiary/aromatic N) is 2. The van der Waals surface area contributed by atoms with Crippen LogP contribution in [0.15, 0.2) is 4.99 Å². The van der Waals surface area contributed by atoms with Gasteiger partial charge in [0.25, 0.3) is 0 Å². The molecular formula is C15H29N3O2S. The maximum Gasteiger partial charge on any atom is 0.305 e. The predicted molar refractivity (Wildman–Crippen MR) is 90.0 cm³/mol. The lowest BCUT2D eigenvalue weighted by Crippen LogP contribution is -2.51. The van der Waals surface area contributed by atoms with Gasteiger partial charge < -0.3 is 15.0 Å². The normalized spacial score (nSPS) is 18.5. The van der Waals surface area contributed by atoms with E-state index in [0.29, 0.717) is 6.42 Å². The monoisotopic (exact) mass is 315 g/mol. The van der Waals surface area contributed by atoms with Crippen molar-refractivity contribution in [2.75, 3.05) is 39.0 Å². The van der Waals surface area contributed by atoms with Gasteiger partial charge in [0.2, 0.25) is 0 Å². The van der Waals surface area contributed by atoms with Crippen LogP contribution in [-0.2, 0) is 9.53 Å². The third-order valence-electron chi connectivity index (χ3n) is 3.34. The summed E-state index contributed by atoms with van der Waals surface area (Å²) in [5.41, 5.74) is 0. The zero-order chi connectivity index (χ0) is 15.7. The van der Waals surface area contributed by atoms with E-state index < -0.39 is 0 Å². The first-order chi connectivity index (χ1) is 9.98. The standard InChI is InChI=1S/C15H29N3O2S/c1-5-16-14(17-9-7-6-8-13(19)20-4)18-10-11-21-15(2,3)12-18/h5-12H2,1-4H3,(H,16,17). The van der Waals surface area contributed by atoms with E-state index in [0.717, 1.165) is 50.7 Å². The second kappa shape index (κ2) is 9.18. The number of hydrogen-bond donors (Lipinski definition) is 1. The minimum Gasteiger partial charge on any atom is -0.469 e. The fourth-order valence-corrected chi connectivity index (χ4v) is 3.40. The van der Waals surface area contributed by atoms with Crippen molar-refractivity contribution in [3.8, 4) is 0 Å². The molecule has 0 unspecified atom stereocenters. The van der Waals surface area contributed by atoms with Gasteiger partial charge in [-0.2, -0.15) is 11.8 Å². The van der Waals surface area contributed by atoms with E-state index in [-0.39, 0.29) is 10.7 Å². The molecule has 0 atom stereocenters. The third-order valence-corrected chi connectivity index (χ3v) is 4.64. The zero-order valence-electron chi connectivity index (χ0n) is 13.8. The molecule has 0 bridgehead atoms. The number of carbonyl (C=O) groups is 1. The van der Waals surface area contributed by atoms with Crippen LogP contribution in [0.25, 0.3) is 0 Å². The largest absolute Gasteiger partial charge is 0.469 e. The first-order valence-electron chi connectivity index (χ1n) is 7.72. The highest BCUT2D eigenvalue weighted by molar-refractivity contribution is 8.00. The van der Waals surface area contributed by atoms with Gasteiger partial charge in [0.15, 0.2) is 5.96 Å². The average molecular weight is 315 g/mol. The molecule has 0 aliphatic carbocycles. The highest BCUT2D eigenvalue weighted by atomic mass is 32.2. The predicted octanol–water partition coefficient (Wildman–Crippen LogP) is 2.12. The highest BCUT2D eigenvalue weighted by Crippen LogP contribution is 2.29. The minimum atomic E-state index is -0.138. The number of unbranched alkanes of at least 4 members (excludes halogenated alkanes) is 1. The van der Waals surface area contributed by atoms with Crippen molar-refractivity contribution in [3.05, 3.63) is 0 Å². The molecule has 1 fully saturated rings.